The van der Waals surface area contributed by atoms with Crippen molar-refractivity contribution in [1.82, 2.24) is 10.2 Å². The van der Waals surface area contributed by atoms with Gasteiger partial charge in [0.1, 0.15) is 6.17 Å². The highest BCUT2D eigenvalue weighted by molar-refractivity contribution is 6.18. The summed E-state index contributed by atoms with van der Waals surface area (Å²) < 4.78 is 11.0. The average molecular weight is 488 g/mol. The molecule has 8 nitrogen and oxygen atoms in total. The van der Waals surface area contributed by atoms with Crippen LogP contribution in [0.25, 0.3) is 0 Å². The molecule has 1 N–H and O–H groups in total. The third-order valence-corrected chi connectivity index (χ3v) is 8.04. The van der Waals surface area contributed by atoms with Crippen molar-refractivity contribution in [1.29, 1.82) is 0 Å². The van der Waals surface area contributed by atoms with Crippen molar-refractivity contribution in [3.63, 3.8) is 0 Å². The molecule has 186 valence electrons. The first-order valence-electron chi connectivity index (χ1n) is 12.4. The van der Waals surface area contributed by atoms with E-state index in [0.717, 1.165) is 6.42 Å². The van der Waals surface area contributed by atoms with E-state index in [-0.39, 0.29) is 30.7 Å². The topological polar surface area (TPSA) is 88.2 Å². The second-order valence-corrected chi connectivity index (χ2v) is 9.92. The number of allylic oxidation sites excluding steroid dienone is 2. The van der Waals surface area contributed by atoms with E-state index in [1.807, 2.05) is 6.07 Å². The lowest BCUT2D eigenvalue weighted by Gasteiger charge is -2.40. The SMILES string of the molecule is COc1ccc2c(c1OC)C(=O)N1c3ccccc3C(=O)N(CCC(=O)NC[C@H]3C[C@H]4C=C[C@H]3C4)[C@H]21. The third kappa shape index (κ3) is 3.38. The number of nitrogens with zero attached hydrogens (tertiary/aromatic N) is 2. The van der Waals surface area contributed by atoms with Gasteiger partial charge in [-0.2, -0.15) is 0 Å². The molecular formula is C28H29N3O5. The first-order valence-corrected chi connectivity index (χ1v) is 12.4. The second kappa shape index (κ2) is 8.69. The molecule has 0 aromatic heterocycles. The van der Waals surface area contributed by atoms with E-state index >= 15 is 0 Å². The Hall–Kier alpha value is -3.81. The van der Waals surface area contributed by atoms with E-state index in [1.165, 1.54) is 20.6 Å². The van der Waals surface area contributed by atoms with Crippen molar-refractivity contribution in [2.45, 2.75) is 25.4 Å². The summed E-state index contributed by atoms with van der Waals surface area (Å²) in [5.74, 6) is 1.96. The molecule has 2 aromatic rings. The van der Waals surface area contributed by atoms with Gasteiger partial charge >= 0.3 is 0 Å². The van der Waals surface area contributed by atoms with Crippen LogP contribution in [-0.4, -0.2) is 49.9 Å². The first-order chi connectivity index (χ1) is 17.5. The van der Waals surface area contributed by atoms with Gasteiger partial charge in [-0.25, -0.2) is 0 Å². The van der Waals surface area contributed by atoms with E-state index in [0.29, 0.717) is 58.2 Å². The average Bonchev–Trinajstić information content (AvgIpc) is 3.60. The zero-order valence-electron chi connectivity index (χ0n) is 20.4. The van der Waals surface area contributed by atoms with E-state index in [9.17, 15) is 14.4 Å². The smallest absolute Gasteiger partial charge is 0.264 e. The Morgan fingerprint density at radius 3 is 2.58 bits per heavy atom. The molecule has 1 saturated carbocycles. The van der Waals surface area contributed by atoms with Gasteiger partial charge in [0.15, 0.2) is 11.5 Å². The standard InChI is InChI=1S/C28H29N3O5/c1-35-22-10-9-20-24(25(22)36-2)28(34)31-21-6-4-3-5-19(21)27(33)30(26(20)31)12-11-23(32)29-15-18-14-16-7-8-17(18)13-16/h3-10,16-18,26H,11-15H2,1-2H3,(H,29,32)/t16-,17-,18+,26-/m0/s1. The maximum Gasteiger partial charge on any atom is 0.264 e. The largest absolute Gasteiger partial charge is 0.493 e. The number of methoxy groups -OCH3 is 2. The van der Waals surface area contributed by atoms with Crippen molar-refractivity contribution >= 4 is 23.4 Å². The Bertz CT molecular complexity index is 1290. The minimum atomic E-state index is -0.654. The second-order valence-electron chi connectivity index (χ2n) is 9.92. The van der Waals surface area contributed by atoms with Crippen LogP contribution in [0.4, 0.5) is 5.69 Å². The predicted molar refractivity (Wildman–Crippen MR) is 133 cm³/mol. The lowest BCUT2D eigenvalue weighted by atomic mass is 9.93. The van der Waals surface area contributed by atoms with Crippen LogP contribution in [0.3, 0.4) is 0 Å². The zero-order chi connectivity index (χ0) is 25.0. The Kier molecular flexibility index (Phi) is 5.47. The van der Waals surface area contributed by atoms with Gasteiger partial charge in [-0.1, -0.05) is 30.4 Å². The number of amides is 3. The molecule has 4 aliphatic rings. The molecule has 6 rings (SSSR count). The highest BCUT2D eigenvalue weighted by Gasteiger charge is 2.49. The molecule has 2 aliphatic carbocycles. The summed E-state index contributed by atoms with van der Waals surface area (Å²) in [6.07, 6.45) is 6.40. The monoisotopic (exact) mass is 487 g/mol. The van der Waals surface area contributed by atoms with Crippen LogP contribution in [0, 0.1) is 17.8 Å². The zero-order valence-corrected chi connectivity index (χ0v) is 20.4. The van der Waals surface area contributed by atoms with Gasteiger partial charge in [0.05, 0.1) is 31.0 Å². The minimum absolute atomic E-state index is 0.0863. The highest BCUT2D eigenvalue weighted by atomic mass is 16.5. The summed E-state index contributed by atoms with van der Waals surface area (Å²) in [6, 6.07) is 10.6. The van der Waals surface area contributed by atoms with E-state index in [1.54, 1.807) is 40.1 Å². The normalized spacial score (nSPS) is 25.1. The number of benzene rings is 2. The quantitative estimate of drug-likeness (QED) is 0.604. The van der Waals surface area contributed by atoms with Crippen molar-refractivity contribution in [2.75, 3.05) is 32.2 Å². The fourth-order valence-electron chi connectivity index (χ4n) is 6.34. The van der Waals surface area contributed by atoms with Gasteiger partial charge in [-0.3, -0.25) is 19.3 Å². The van der Waals surface area contributed by atoms with Crippen LogP contribution < -0.4 is 19.7 Å². The predicted octanol–water partition coefficient (Wildman–Crippen LogP) is 3.54. The number of carbonyl (C=O) groups excluding carboxylic acids is 3. The number of para-hydroxylation sites is 1. The van der Waals surface area contributed by atoms with Gasteiger partial charge in [0.2, 0.25) is 5.91 Å². The summed E-state index contributed by atoms with van der Waals surface area (Å²) in [5.41, 5.74) is 2.04. The van der Waals surface area contributed by atoms with Crippen LogP contribution in [0.2, 0.25) is 0 Å². The Labute approximate surface area is 209 Å². The lowest BCUT2D eigenvalue weighted by molar-refractivity contribution is -0.121. The van der Waals surface area contributed by atoms with Crippen LogP contribution in [0.1, 0.15) is 51.7 Å². The van der Waals surface area contributed by atoms with Crippen molar-refractivity contribution in [2.24, 2.45) is 17.8 Å². The maximum absolute atomic E-state index is 13.7. The molecule has 0 spiro atoms. The molecule has 0 saturated heterocycles. The van der Waals surface area contributed by atoms with Gasteiger partial charge in [0.25, 0.3) is 11.8 Å². The molecule has 1 fully saturated rings. The molecular weight excluding hydrogens is 458 g/mol. The fraction of sp³-hybridized carbons (Fsp3) is 0.393. The Morgan fingerprint density at radius 2 is 1.86 bits per heavy atom. The number of hydrogen-bond acceptors (Lipinski definition) is 5. The lowest BCUT2D eigenvalue weighted by Crippen LogP contribution is -2.49. The summed E-state index contributed by atoms with van der Waals surface area (Å²) in [4.78, 5) is 43.4. The van der Waals surface area contributed by atoms with Gasteiger partial charge in [0, 0.05) is 25.1 Å². The van der Waals surface area contributed by atoms with Crippen molar-refractivity contribution < 1.29 is 23.9 Å². The number of carbonyl (C=O) groups is 3. The summed E-state index contributed by atoms with van der Waals surface area (Å²) >= 11 is 0. The molecule has 2 bridgehead atoms. The van der Waals surface area contributed by atoms with Gasteiger partial charge < -0.3 is 19.7 Å². The molecule has 2 aliphatic heterocycles. The number of hydrogen-bond donors (Lipinski definition) is 1. The molecule has 3 amide bonds. The molecule has 2 aromatic carbocycles. The number of fused-ring (bicyclic) bond motifs is 7. The molecule has 0 unspecified atom stereocenters. The van der Waals surface area contributed by atoms with E-state index < -0.39 is 6.17 Å². The summed E-state index contributed by atoms with van der Waals surface area (Å²) in [7, 11) is 3.02. The number of nitrogens with one attached hydrogen (secondary N) is 1. The molecule has 0 radical (unpaired) electrons. The molecule has 2 heterocycles. The Morgan fingerprint density at radius 1 is 1.03 bits per heavy atom. The number of rotatable bonds is 7. The number of ether oxygens (including phenoxy) is 2. The van der Waals surface area contributed by atoms with Crippen LogP contribution >= 0.6 is 0 Å². The summed E-state index contributed by atoms with van der Waals surface area (Å²) in [5, 5.41) is 3.08. The van der Waals surface area contributed by atoms with Gasteiger partial charge in [-0.05, 0) is 48.8 Å². The van der Waals surface area contributed by atoms with Gasteiger partial charge in [-0.15, -0.1) is 0 Å². The third-order valence-electron chi connectivity index (χ3n) is 8.04. The molecule has 8 heteroatoms. The molecule has 4 atom stereocenters. The van der Waals surface area contributed by atoms with Crippen molar-refractivity contribution in [3.05, 3.63) is 65.2 Å². The van der Waals surface area contributed by atoms with Crippen LogP contribution in [0.5, 0.6) is 11.5 Å². The fourth-order valence-corrected chi connectivity index (χ4v) is 6.34. The maximum atomic E-state index is 13.7. The van der Waals surface area contributed by atoms with Crippen LogP contribution in [-0.2, 0) is 4.79 Å². The van der Waals surface area contributed by atoms with E-state index in [2.05, 4.69) is 17.5 Å². The highest BCUT2D eigenvalue weighted by Crippen LogP contribution is 2.49. The minimum Gasteiger partial charge on any atom is -0.493 e. The Balaban J connectivity index is 1.27. The van der Waals surface area contributed by atoms with Crippen LogP contribution in [0.15, 0.2) is 48.6 Å². The first kappa shape index (κ1) is 22.6. The molecule has 36 heavy (non-hydrogen) atoms. The number of anilines is 1. The summed E-state index contributed by atoms with van der Waals surface area (Å²) in [6.45, 7) is 0.854. The van der Waals surface area contributed by atoms with Crippen molar-refractivity contribution in [3.8, 4) is 11.5 Å². The van der Waals surface area contributed by atoms with E-state index in [4.69, 9.17) is 9.47 Å².